The molecule has 0 aromatic heterocycles. The largest absolute Gasteiger partial charge is 0.489 e. The molecule has 4 rings (SSSR count). The zero-order valence-electron chi connectivity index (χ0n) is 17.5. The lowest BCUT2D eigenvalue weighted by Crippen LogP contribution is -2.09. The highest BCUT2D eigenvalue weighted by Gasteiger charge is 2.16. The lowest BCUT2D eigenvalue weighted by Gasteiger charge is -2.22. The highest BCUT2D eigenvalue weighted by molar-refractivity contribution is 5.91. The van der Waals surface area contributed by atoms with Crippen LogP contribution in [0.3, 0.4) is 0 Å². The van der Waals surface area contributed by atoms with Gasteiger partial charge < -0.3 is 9.47 Å². The SMILES string of the molecule is Cc1ccc(OCc2ccc(C(=O)Oc3ccc(C4CCCCC4)cc3)cc2)cc1. The van der Waals surface area contributed by atoms with Crippen LogP contribution in [0.5, 0.6) is 11.5 Å². The lowest BCUT2D eigenvalue weighted by molar-refractivity contribution is 0.0734. The molecule has 0 N–H and O–H groups in total. The number of carbonyl (C=O) groups excluding carboxylic acids is 1. The van der Waals surface area contributed by atoms with Crippen LogP contribution < -0.4 is 9.47 Å². The van der Waals surface area contributed by atoms with Crippen molar-refractivity contribution in [1.29, 1.82) is 0 Å². The van der Waals surface area contributed by atoms with E-state index in [1.807, 2.05) is 55.5 Å². The quantitative estimate of drug-likeness (QED) is 0.336. The summed E-state index contributed by atoms with van der Waals surface area (Å²) in [5.74, 6) is 1.73. The fourth-order valence-corrected chi connectivity index (χ4v) is 3.95. The molecule has 0 aliphatic heterocycles. The average Bonchev–Trinajstić information content (AvgIpc) is 2.80. The number of carbonyl (C=O) groups is 1. The van der Waals surface area contributed by atoms with Crippen molar-refractivity contribution in [3.63, 3.8) is 0 Å². The van der Waals surface area contributed by atoms with Crippen molar-refractivity contribution in [1.82, 2.24) is 0 Å². The first-order chi connectivity index (χ1) is 14.7. The van der Waals surface area contributed by atoms with E-state index < -0.39 is 0 Å². The first-order valence-corrected chi connectivity index (χ1v) is 10.8. The van der Waals surface area contributed by atoms with Crippen LogP contribution >= 0.6 is 0 Å². The molecule has 0 spiro atoms. The van der Waals surface area contributed by atoms with Gasteiger partial charge in [-0.1, -0.05) is 61.2 Å². The third kappa shape index (κ3) is 5.29. The molecular formula is C27H28O3. The van der Waals surface area contributed by atoms with Gasteiger partial charge in [0.15, 0.2) is 0 Å². The number of ether oxygens (including phenoxy) is 2. The van der Waals surface area contributed by atoms with Gasteiger partial charge in [-0.3, -0.25) is 0 Å². The summed E-state index contributed by atoms with van der Waals surface area (Å²) in [5.41, 5.74) is 4.09. The first kappa shape index (κ1) is 20.2. The summed E-state index contributed by atoms with van der Waals surface area (Å²) in [7, 11) is 0. The van der Waals surface area contributed by atoms with Crippen LogP contribution in [0, 0.1) is 6.92 Å². The summed E-state index contributed by atoms with van der Waals surface area (Å²) in [6.45, 7) is 2.51. The van der Waals surface area contributed by atoms with Gasteiger partial charge in [0, 0.05) is 0 Å². The number of esters is 1. The molecule has 3 nitrogen and oxygen atoms in total. The first-order valence-electron chi connectivity index (χ1n) is 10.8. The Bertz CT molecular complexity index is 950. The van der Waals surface area contributed by atoms with E-state index >= 15 is 0 Å². The minimum atomic E-state index is -0.341. The summed E-state index contributed by atoms with van der Waals surface area (Å²) in [5, 5.41) is 0. The Kier molecular flexibility index (Phi) is 6.48. The number of aryl methyl sites for hydroxylation is 1. The number of hydrogen-bond acceptors (Lipinski definition) is 3. The van der Waals surface area contributed by atoms with Crippen LogP contribution in [-0.2, 0) is 6.61 Å². The van der Waals surface area contributed by atoms with Crippen molar-refractivity contribution < 1.29 is 14.3 Å². The molecule has 154 valence electrons. The second-order valence-electron chi connectivity index (χ2n) is 8.09. The third-order valence-corrected chi connectivity index (χ3v) is 5.78. The standard InChI is InChI=1S/C27H28O3/c1-20-7-15-25(16-8-20)29-19-21-9-11-24(12-10-21)27(28)30-26-17-13-23(14-18-26)22-5-3-2-4-6-22/h7-18,22H,2-6,19H2,1H3. The van der Waals surface area contributed by atoms with Gasteiger partial charge in [-0.05, 0) is 73.2 Å². The molecule has 3 heteroatoms. The minimum absolute atomic E-state index is 0.341. The summed E-state index contributed by atoms with van der Waals surface area (Å²) in [6, 6.07) is 23.4. The molecule has 0 saturated heterocycles. The van der Waals surface area contributed by atoms with Crippen LogP contribution in [0.1, 0.15) is 65.1 Å². The molecule has 1 aliphatic rings. The molecule has 3 aromatic carbocycles. The van der Waals surface area contributed by atoms with Crippen molar-refractivity contribution in [2.24, 2.45) is 0 Å². The highest BCUT2D eigenvalue weighted by atomic mass is 16.5. The number of rotatable bonds is 6. The highest BCUT2D eigenvalue weighted by Crippen LogP contribution is 2.33. The fourth-order valence-electron chi connectivity index (χ4n) is 3.95. The van der Waals surface area contributed by atoms with Gasteiger partial charge in [0.1, 0.15) is 18.1 Å². The Morgan fingerprint density at radius 2 is 1.43 bits per heavy atom. The van der Waals surface area contributed by atoms with Gasteiger partial charge >= 0.3 is 5.97 Å². The van der Waals surface area contributed by atoms with Gasteiger partial charge in [-0.25, -0.2) is 4.79 Å². The van der Waals surface area contributed by atoms with Crippen molar-refractivity contribution in [3.05, 3.63) is 95.1 Å². The van der Waals surface area contributed by atoms with E-state index in [9.17, 15) is 4.79 Å². The van der Waals surface area contributed by atoms with E-state index in [0.29, 0.717) is 23.8 Å². The second-order valence-corrected chi connectivity index (χ2v) is 8.09. The molecular weight excluding hydrogens is 372 g/mol. The number of benzene rings is 3. The molecule has 1 fully saturated rings. The minimum Gasteiger partial charge on any atom is -0.489 e. The van der Waals surface area contributed by atoms with E-state index in [0.717, 1.165) is 11.3 Å². The maximum absolute atomic E-state index is 12.5. The Hall–Kier alpha value is -3.07. The maximum Gasteiger partial charge on any atom is 0.343 e. The van der Waals surface area contributed by atoms with Crippen LogP contribution in [0.25, 0.3) is 0 Å². The van der Waals surface area contributed by atoms with Crippen LogP contribution in [0.2, 0.25) is 0 Å². The molecule has 0 atom stereocenters. The van der Waals surface area contributed by atoms with Gasteiger partial charge in [0.2, 0.25) is 0 Å². The van der Waals surface area contributed by atoms with Crippen molar-refractivity contribution in [2.75, 3.05) is 0 Å². The molecule has 30 heavy (non-hydrogen) atoms. The van der Waals surface area contributed by atoms with E-state index in [1.165, 1.54) is 43.2 Å². The van der Waals surface area contributed by atoms with Gasteiger partial charge in [0.25, 0.3) is 0 Å². The van der Waals surface area contributed by atoms with Crippen molar-refractivity contribution >= 4 is 5.97 Å². The summed E-state index contributed by atoms with van der Waals surface area (Å²) < 4.78 is 11.3. The molecule has 1 aliphatic carbocycles. The smallest absolute Gasteiger partial charge is 0.343 e. The molecule has 0 heterocycles. The van der Waals surface area contributed by atoms with Gasteiger partial charge in [-0.2, -0.15) is 0 Å². The van der Waals surface area contributed by atoms with E-state index in [-0.39, 0.29) is 5.97 Å². The summed E-state index contributed by atoms with van der Waals surface area (Å²) in [4.78, 5) is 12.5. The topological polar surface area (TPSA) is 35.5 Å². The summed E-state index contributed by atoms with van der Waals surface area (Å²) in [6.07, 6.45) is 6.50. The Morgan fingerprint density at radius 1 is 0.800 bits per heavy atom. The Labute approximate surface area is 178 Å². The van der Waals surface area contributed by atoms with E-state index in [2.05, 4.69) is 12.1 Å². The van der Waals surface area contributed by atoms with Crippen molar-refractivity contribution in [3.8, 4) is 11.5 Å². The van der Waals surface area contributed by atoms with Crippen LogP contribution in [0.4, 0.5) is 0 Å². The van der Waals surface area contributed by atoms with Crippen LogP contribution in [0.15, 0.2) is 72.8 Å². The predicted molar refractivity (Wildman–Crippen MR) is 119 cm³/mol. The van der Waals surface area contributed by atoms with E-state index in [4.69, 9.17) is 9.47 Å². The monoisotopic (exact) mass is 400 g/mol. The Morgan fingerprint density at radius 3 is 2.10 bits per heavy atom. The zero-order chi connectivity index (χ0) is 20.8. The normalized spacial score (nSPS) is 14.3. The molecule has 0 bridgehead atoms. The Balaban J connectivity index is 1.31. The zero-order valence-corrected chi connectivity index (χ0v) is 17.5. The molecule has 1 saturated carbocycles. The molecule has 0 amide bonds. The van der Waals surface area contributed by atoms with Crippen LogP contribution in [-0.4, -0.2) is 5.97 Å². The summed E-state index contributed by atoms with van der Waals surface area (Å²) >= 11 is 0. The molecule has 0 unspecified atom stereocenters. The number of hydrogen-bond donors (Lipinski definition) is 0. The second kappa shape index (κ2) is 9.62. The van der Waals surface area contributed by atoms with Crippen molar-refractivity contribution in [2.45, 2.75) is 51.6 Å². The van der Waals surface area contributed by atoms with Gasteiger partial charge in [-0.15, -0.1) is 0 Å². The van der Waals surface area contributed by atoms with E-state index in [1.54, 1.807) is 12.1 Å². The fraction of sp³-hybridized carbons (Fsp3) is 0.296. The lowest BCUT2D eigenvalue weighted by atomic mass is 9.84. The molecule has 0 radical (unpaired) electrons. The third-order valence-electron chi connectivity index (χ3n) is 5.78. The maximum atomic E-state index is 12.5. The average molecular weight is 401 g/mol. The predicted octanol–water partition coefficient (Wildman–Crippen LogP) is 6.84. The van der Waals surface area contributed by atoms with Gasteiger partial charge in [0.05, 0.1) is 5.56 Å². The molecule has 3 aromatic rings.